The van der Waals surface area contributed by atoms with Crippen LogP contribution in [0.15, 0.2) is 24.3 Å². The van der Waals surface area contributed by atoms with Crippen LogP contribution in [0.3, 0.4) is 0 Å². The third-order valence-electron chi connectivity index (χ3n) is 3.86. The highest BCUT2D eigenvalue weighted by Crippen LogP contribution is 2.32. The van der Waals surface area contributed by atoms with Gasteiger partial charge >= 0.3 is 0 Å². The van der Waals surface area contributed by atoms with Crippen LogP contribution >= 0.6 is 0 Å². The topological polar surface area (TPSA) is 21.3 Å². The van der Waals surface area contributed by atoms with Crippen LogP contribution in [0.5, 0.6) is 5.75 Å². The van der Waals surface area contributed by atoms with Gasteiger partial charge in [-0.1, -0.05) is 18.2 Å². The van der Waals surface area contributed by atoms with Crippen molar-refractivity contribution in [3.63, 3.8) is 0 Å². The molecule has 2 heteroatoms. The van der Waals surface area contributed by atoms with Crippen molar-refractivity contribution in [2.24, 2.45) is 5.92 Å². The second-order valence-electron chi connectivity index (χ2n) is 4.89. The van der Waals surface area contributed by atoms with Crippen LogP contribution in [0.25, 0.3) is 0 Å². The SMILES string of the molecule is c1ccc2c(c1)CCC(C1CCNCC1)O2. The van der Waals surface area contributed by atoms with E-state index in [0.29, 0.717) is 6.10 Å². The lowest BCUT2D eigenvalue weighted by Gasteiger charge is -2.34. The molecule has 1 aromatic rings. The molecular weight excluding hydrogens is 198 g/mol. The van der Waals surface area contributed by atoms with Crippen LogP contribution in [0.2, 0.25) is 0 Å². The predicted molar refractivity (Wildman–Crippen MR) is 64.8 cm³/mol. The zero-order valence-electron chi connectivity index (χ0n) is 9.61. The first-order chi connectivity index (χ1) is 7.93. The molecule has 0 spiro atoms. The Hall–Kier alpha value is -1.02. The third-order valence-corrected chi connectivity index (χ3v) is 3.86. The van der Waals surface area contributed by atoms with E-state index in [9.17, 15) is 0 Å². The molecule has 0 aliphatic carbocycles. The minimum atomic E-state index is 0.456. The molecule has 2 aliphatic rings. The summed E-state index contributed by atoms with van der Waals surface area (Å²) in [5.41, 5.74) is 1.38. The van der Waals surface area contributed by atoms with Crippen molar-refractivity contribution in [3.05, 3.63) is 29.8 Å². The molecule has 1 saturated heterocycles. The number of piperidine rings is 1. The number of fused-ring (bicyclic) bond motifs is 1. The molecule has 2 heterocycles. The summed E-state index contributed by atoms with van der Waals surface area (Å²) in [6, 6.07) is 8.48. The molecule has 1 atom stereocenters. The number of rotatable bonds is 1. The minimum absolute atomic E-state index is 0.456. The first-order valence-corrected chi connectivity index (χ1v) is 6.39. The zero-order chi connectivity index (χ0) is 10.8. The Labute approximate surface area is 97.0 Å². The summed E-state index contributed by atoms with van der Waals surface area (Å²) in [7, 11) is 0. The van der Waals surface area contributed by atoms with E-state index in [1.165, 1.54) is 31.2 Å². The van der Waals surface area contributed by atoms with E-state index in [2.05, 4.69) is 29.6 Å². The number of aryl methyl sites for hydroxylation is 1. The molecule has 86 valence electrons. The Kier molecular flexibility index (Phi) is 2.83. The molecule has 1 unspecified atom stereocenters. The van der Waals surface area contributed by atoms with Crippen LogP contribution < -0.4 is 10.1 Å². The molecule has 0 bridgehead atoms. The van der Waals surface area contributed by atoms with Crippen LogP contribution in [0, 0.1) is 5.92 Å². The van der Waals surface area contributed by atoms with E-state index < -0.39 is 0 Å². The molecule has 1 fully saturated rings. The summed E-state index contributed by atoms with van der Waals surface area (Å²) < 4.78 is 6.14. The van der Waals surface area contributed by atoms with Gasteiger partial charge in [0.2, 0.25) is 0 Å². The Balaban J connectivity index is 1.72. The van der Waals surface area contributed by atoms with Gasteiger partial charge in [0.05, 0.1) is 0 Å². The van der Waals surface area contributed by atoms with Gasteiger partial charge in [0.1, 0.15) is 11.9 Å². The minimum Gasteiger partial charge on any atom is -0.490 e. The van der Waals surface area contributed by atoms with Crippen LogP contribution in [-0.4, -0.2) is 19.2 Å². The highest BCUT2D eigenvalue weighted by molar-refractivity contribution is 5.35. The Morgan fingerprint density at radius 3 is 2.75 bits per heavy atom. The van der Waals surface area contributed by atoms with Crippen molar-refractivity contribution in [1.29, 1.82) is 0 Å². The first-order valence-electron chi connectivity index (χ1n) is 6.39. The number of hydrogen-bond acceptors (Lipinski definition) is 2. The van der Waals surface area contributed by atoms with E-state index in [-0.39, 0.29) is 0 Å². The summed E-state index contributed by atoms with van der Waals surface area (Å²) in [5, 5.41) is 3.42. The van der Waals surface area contributed by atoms with Gasteiger partial charge in [-0.15, -0.1) is 0 Å². The number of ether oxygens (including phenoxy) is 1. The van der Waals surface area contributed by atoms with E-state index >= 15 is 0 Å². The van der Waals surface area contributed by atoms with Crippen LogP contribution in [0.4, 0.5) is 0 Å². The van der Waals surface area contributed by atoms with E-state index in [1.807, 2.05) is 0 Å². The summed E-state index contributed by atoms with van der Waals surface area (Å²) in [4.78, 5) is 0. The van der Waals surface area contributed by atoms with E-state index in [4.69, 9.17) is 4.74 Å². The fourth-order valence-corrected chi connectivity index (χ4v) is 2.89. The fourth-order valence-electron chi connectivity index (χ4n) is 2.89. The van der Waals surface area contributed by atoms with Gasteiger partial charge in [-0.25, -0.2) is 0 Å². The van der Waals surface area contributed by atoms with Gasteiger partial charge in [0, 0.05) is 0 Å². The molecule has 3 rings (SSSR count). The highest BCUT2D eigenvalue weighted by atomic mass is 16.5. The van der Waals surface area contributed by atoms with Gasteiger partial charge in [0.15, 0.2) is 0 Å². The van der Waals surface area contributed by atoms with Crippen LogP contribution in [0.1, 0.15) is 24.8 Å². The van der Waals surface area contributed by atoms with Crippen molar-refractivity contribution in [2.75, 3.05) is 13.1 Å². The average Bonchev–Trinajstić information content (AvgIpc) is 2.39. The first kappa shape index (κ1) is 10.2. The Morgan fingerprint density at radius 1 is 1.06 bits per heavy atom. The maximum absolute atomic E-state index is 6.14. The summed E-state index contributed by atoms with van der Waals surface area (Å²) >= 11 is 0. The van der Waals surface area contributed by atoms with Gasteiger partial charge in [0.25, 0.3) is 0 Å². The predicted octanol–water partition coefficient (Wildman–Crippen LogP) is 2.38. The largest absolute Gasteiger partial charge is 0.490 e. The molecular formula is C14H19NO. The van der Waals surface area contributed by atoms with Crippen molar-refractivity contribution in [1.82, 2.24) is 5.32 Å². The normalized spacial score (nSPS) is 25.9. The molecule has 2 aliphatic heterocycles. The van der Waals surface area contributed by atoms with Gasteiger partial charge in [-0.05, 0) is 56.3 Å². The van der Waals surface area contributed by atoms with Crippen LogP contribution in [-0.2, 0) is 6.42 Å². The van der Waals surface area contributed by atoms with E-state index in [1.54, 1.807) is 0 Å². The highest BCUT2D eigenvalue weighted by Gasteiger charge is 2.28. The maximum atomic E-state index is 6.14. The molecule has 0 radical (unpaired) electrons. The van der Waals surface area contributed by atoms with Gasteiger partial charge in [-0.2, -0.15) is 0 Å². The lowest BCUT2D eigenvalue weighted by atomic mass is 9.87. The molecule has 0 amide bonds. The Bertz CT molecular complexity index is 358. The molecule has 1 aromatic carbocycles. The number of hydrogen-bond donors (Lipinski definition) is 1. The van der Waals surface area contributed by atoms with Crippen molar-refractivity contribution in [2.45, 2.75) is 31.8 Å². The summed E-state index contributed by atoms with van der Waals surface area (Å²) in [5.74, 6) is 1.88. The van der Waals surface area contributed by atoms with Gasteiger partial charge < -0.3 is 10.1 Å². The fraction of sp³-hybridized carbons (Fsp3) is 0.571. The van der Waals surface area contributed by atoms with E-state index in [0.717, 1.165) is 24.8 Å². The number of nitrogens with one attached hydrogen (secondary N) is 1. The second-order valence-corrected chi connectivity index (χ2v) is 4.89. The molecule has 16 heavy (non-hydrogen) atoms. The quantitative estimate of drug-likeness (QED) is 0.780. The number of benzene rings is 1. The molecule has 2 nitrogen and oxygen atoms in total. The van der Waals surface area contributed by atoms with Gasteiger partial charge in [-0.3, -0.25) is 0 Å². The summed E-state index contributed by atoms with van der Waals surface area (Å²) in [6.45, 7) is 2.32. The lowest BCUT2D eigenvalue weighted by Crippen LogP contribution is -2.38. The number of para-hydroxylation sites is 1. The van der Waals surface area contributed by atoms with Crippen molar-refractivity contribution >= 4 is 0 Å². The third kappa shape index (κ3) is 1.94. The average molecular weight is 217 g/mol. The van der Waals surface area contributed by atoms with Crippen molar-refractivity contribution in [3.8, 4) is 5.75 Å². The summed E-state index contributed by atoms with van der Waals surface area (Å²) in [6.07, 6.45) is 5.38. The smallest absolute Gasteiger partial charge is 0.122 e. The van der Waals surface area contributed by atoms with Crippen molar-refractivity contribution < 1.29 is 4.74 Å². The maximum Gasteiger partial charge on any atom is 0.122 e. The molecule has 0 saturated carbocycles. The standard InChI is InChI=1S/C14H19NO/c1-2-4-13-11(3-1)5-6-14(16-13)12-7-9-15-10-8-12/h1-4,12,14-15H,5-10H2. The zero-order valence-corrected chi connectivity index (χ0v) is 9.61. The molecule has 0 aromatic heterocycles. The molecule has 1 N–H and O–H groups in total. The second kappa shape index (κ2) is 4.46. The monoisotopic (exact) mass is 217 g/mol. The Morgan fingerprint density at radius 2 is 1.88 bits per heavy atom. The lowest BCUT2D eigenvalue weighted by molar-refractivity contribution is 0.0918.